The summed E-state index contributed by atoms with van der Waals surface area (Å²) in [5, 5.41) is 3.54. The number of rotatable bonds is 3. The average Bonchev–Trinajstić information content (AvgIpc) is 2.31. The molecule has 0 aliphatic carbocycles. The van der Waals surface area contributed by atoms with Crippen LogP contribution in [0, 0.1) is 5.92 Å². The first-order chi connectivity index (χ1) is 4.83. The molecule has 0 spiro atoms. The van der Waals surface area contributed by atoms with Crippen molar-refractivity contribution in [3.05, 3.63) is 0 Å². The minimum absolute atomic E-state index is 0.843. The van der Waals surface area contributed by atoms with Crippen LogP contribution in [0.5, 0.6) is 0 Å². The minimum Gasteiger partial charge on any atom is -0.314 e. The molecule has 1 saturated heterocycles. The summed E-state index contributed by atoms with van der Waals surface area (Å²) in [6.45, 7) is 5.84. The monoisotopic (exact) mass is 141 g/mol. The van der Waals surface area contributed by atoms with Gasteiger partial charge in [-0.25, -0.2) is 0 Å². The van der Waals surface area contributed by atoms with Crippen LogP contribution in [0.25, 0.3) is 0 Å². The molecule has 1 N–H and O–H groups in total. The molecule has 1 aliphatic heterocycles. The lowest BCUT2D eigenvalue weighted by Gasteiger charge is -2.07. The van der Waals surface area contributed by atoms with Crippen LogP contribution < -0.4 is 5.32 Å². The predicted molar refractivity (Wildman–Crippen MR) is 45.1 cm³/mol. The second-order valence-corrected chi connectivity index (χ2v) is 3.59. The fraction of sp³-hybridized carbons (Fsp3) is 1.00. The van der Waals surface area contributed by atoms with Crippen LogP contribution in [0.1, 0.15) is 39.5 Å². The Morgan fingerprint density at radius 3 is 2.80 bits per heavy atom. The van der Waals surface area contributed by atoms with Crippen LogP contribution in [-0.2, 0) is 0 Å². The third-order valence-electron chi connectivity index (χ3n) is 2.35. The van der Waals surface area contributed by atoms with Gasteiger partial charge in [0.25, 0.3) is 0 Å². The second-order valence-electron chi connectivity index (χ2n) is 3.59. The minimum atomic E-state index is 0.843. The van der Waals surface area contributed by atoms with Crippen molar-refractivity contribution in [1.29, 1.82) is 0 Å². The van der Waals surface area contributed by atoms with E-state index >= 15 is 0 Å². The van der Waals surface area contributed by atoms with Gasteiger partial charge in [-0.05, 0) is 25.3 Å². The summed E-state index contributed by atoms with van der Waals surface area (Å²) in [5.74, 6) is 0.918. The maximum Gasteiger partial charge on any atom is 0.00701 e. The molecule has 10 heavy (non-hydrogen) atoms. The van der Waals surface area contributed by atoms with E-state index < -0.39 is 0 Å². The maximum atomic E-state index is 3.54. The zero-order valence-electron chi connectivity index (χ0n) is 7.19. The fourth-order valence-corrected chi connectivity index (χ4v) is 1.69. The van der Waals surface area contributed by atoms with Crippen molar-refractivity contribution in [1.82, 2.24) is 5.32 Å². The second kappa shape index (κ2) is 3.97. The van der Waals surface area contributed by atoms with Gasteiger partial charge >= 0.3 is 0 Å². The molecule has 2 atom stereocenters. The Kier molecular flexibility index (Phi) is 3.20. The molecule has 2 unspecified atom stereocenters. The third-order valence-corrected chi connectivity index (χ3v) is 2.35. The molecule has 1 heteroatoms. The molecule has 60 valence electrons. The smallest absolute Gasteiger partial charge is 0.00701 e. The van der Waals surface area contributed by atoms with Crippen LogP contribution in [0.4, 0.5) is 0 Å². The van der Waals surface area contributed by atoms with Crippen molar-refractivity contribution in [2.75, 3.05) is 6.54 Å². The molecule has 0 radical (unpaired) electrons. The first-order valence-electron chi connectivity index (χ1n) is 4.56. The molecule has 0 aromatic carbocycles. The Morgan fingerprint density at radius 2 is 2.30 bits per heavy atom. The molecule has 0 aromatic rings. The Labute approximate surface area is 64.2 Å². The van der Waals surface area contributed by atoms with Crippen molar-refractivity contribution < 1.29 is 0 Å². The Morgan fingerprint density at radius 1 is 1.50 bits per heavy atom. The van der Waals surface area contributed by atoms with Gasteiger partial charge in [0.15, 0.2) is 0 Å². The molecular formula is C9H19N. The topological polar surface area (TPSA) is 12.0 Å². The molecule has 1 aliphatic rings. The van der Waals surface area contributed by atoms with Gasteiger partial charge in [-0.3, -0.25) is 0 Å². The first kappa shape index (κ1) is 8.06. The Hall–Kier alpha value is -0.0400. The number of nitrogens with one attached hydrogen (secondary N) is 1. The van der Waals surface area contributed by atoms with E-state index in [1.165, 1.54) is 32.2 Å². The van der Waals surface area contributed by atoms with Gasteiger partial charge in [0, 0.05) is 6.04 Å². The van der Waals surface area contributed by atoms with E-state index in [0.29, 0.717) is 0 Å². The van der Waals surface area contributed by atoms with E-state index in [9.17, 15) is 0 Å². The molecule has 1 rings (SSSR count). The van der Waals surface area contributed by atoms with E-state index in [0.717, 1.165) is 12.0 Å². The number of unbranched alkanes of at least 4 members (excludes halogenated alkanes) is 1. The van der Waals surface area contributed by atoms with E-state index in [1.54, 1.807) is 0 Å². The fourth-order valence-electron chi connectivity index (χ4n) is 1.69. The van der Waals surface area contributed by atoms with Gasteiger partial charge in [-0.2, -0.15) is 0 Å². The highest BCUT2D eigenvalue weighted by Crippen LogP contribution is 2.16. The third kappa shape index (κ3) is 2.30. The van der Waals surface area contributed by atoms with Gasteiger partial charge in [0.05, 0.1) is 0 Å². The van der Waals surface area contributed by atoms with E-state index in [2.05, 4.69) is 19.2 Å². The lowest BCUT2D eigenvalue weighted by molar-refractivity contribution is 0.520. The van der Waals surface area contributed by atoms with Crippen LogP contribution in [0.3, 0.4) is 0 Å². The normalized spacial score (nSPS) is 33.0. The standard InChI is InChI=1S/C9H19N/c1-3-4-5-9-6-8(2)7-10-9/h8-10H,3-7H2,1-2H3. The summed E-state index contributed by atoms with van der Waals surface area (Å²) in [4.78, 5) is 0. The molecule has 0 aromatic heterocycles. The highest BCUT2D eigenvalue weighted by Gasteiger charge is 2.18. The maximum absolute atomic E-state index is 3.54. The lowest BCUT2D eigenvalue weighted by atomic mass is 10.0. The summed E-state index contributed by atoms with van der Waals surface area (Å²) in [7, 11) is 0. The molecule has 1 nitrogen and oxygen atoms in total. The molecule has 1 heterocycles. The average molecular weight is 141 g/mol. The van der Waals surface area contributed by atoms with E-state index in [4.69, 9.17) is 0 Å². The van der Waals surface area contributed by atoms with Crippen LogP contribution >= 0.6 is 0 Å². The largest absolute Gasteiger partial charge is 0.314 e. The van der Waals surface area contributed by atoms with Crippen molar-refractivity contribution in [2.24, 2.45) is 5.92 Å². The molecule has 1 fully saturated rings. The van der Waals surface area contributed by atoms with Crippen molar-refractivity contribution >= 4 is 0 Å². The summed E-state index contributed by atoms with van der Waals surface area (Å²) >= 11 is 0. The van der Waals surface area contributed by atoms with Crippen molar-refractivity contribution in [2.45, 2.75) is 45.6 Å². The number of hydrogen-bond donors (Lipinski definition) is 1. The van der Waals surface area contributed by atoms with Crippen molar-refractivity contribution in [3.8, 4) is 0 Å². The molecule has 0 amide bonds. The molecule has 0 bridgehead atoms. The number of hydrogen-bond acceptors (Lipinski definition) is 1. The van der Waals surface area contributed by atoms with Gasteiger partial charge in [-0.1, -0.05) is 26.7 Å². The van der Waals surface area contributed by atoms with Crippen LogP contribution in [-0.4, -0.2) is 12.6 Å². The summed E-state index contributed by atoms with van der Waals surface area (Å²) in [6, 6.07) is 0.843. The summed E-state index contributed by atoms with van der Waals surface area (Å²) in [5.41, 5.74) is 0. The van der Waals surface area contributed by atoms with Gasteiger partial charge in [-0.15, -0.1) is 0 Å². The van der Waals surface area contributed by atoms with Crippen LogP contribution in [0.2, 0.25) is 0 Å². The van der Waals surface area contributed by atoms with E-state index in [1.807, 2.05) is 0 Å². The zero-order valence-corrected chi connectivity index (χ0v) is 7.19. The molecule has 0 saturated carbocycles. The Bertz CT molecular complexity index is 90.7. The van der Waals surface area contributed by atoms with E-state index in [-0.39, 0.29) is 0 Å². The summed E-state index contributed by atoms with van der Waals surface area (Å²) < 4.78 is 0. The zero-order chi connectivity index (χ0) is 7.40. The predicted octanol–water partition coefficient (Wildman–Crippen LogP) is 2.17. The van der Waals surface area contributed by atoms with Gasteiger partial charge in [0.2, 0.25) is 0 Å². The first-order valence-corrected chi connectivity index (χ1v) is 4.56. The van der Waals surface area contributed by atoms with Gasteiger partial charge in [0.1, 0.15) is 0 Å². The highest BCUT2D eigenvalue weighted by atomic mass is 14.9. The SMILES string of the molecule is CCCCC1CC(C)CN1. The quantitative estimate of drug-likeness (QED) is 0.635. The van der Waals surface area contributed by atoms with Gasteiger partial charge < -0.3 is 5.32 Å². The highest BCUT2D eigenvalue weighted by molar-refractivity contribution is 4.78. The van der Waals surface area contributed by atoms with Crippen LogP contribution in [0.15, 0.2) is 0 Å². The van der Waals surface area contributed by atoms with Crippen molar-refractivity contribution in [3.63, 3.8) is 0 Å². The lowest BCUT2D eigenvalue weighted by Crippen LogP contribution is -2.20. The Balaban J connectivity index is 2.06. The molecular weight excluding hydrogens is 122 g/mol. The summed E-state index contributed by atoms with van der Waals surface area (Å²) in [6.07, 6.45) is 5.53.